The van der Waals surface area contributed by atoms with Crippen LogP contribution < -0.4 is 15.5 Å². The molecule has 2 heterocycles. The fraction of sp³-hybridized carbons (Fsp3) is 0.400. The standard InChI is InChI=1S/C15H21N5/c1-2-18-8-7-17-15(18)20-11-9-19(10-12-20)14-6-4-3-5-13(14)16/h3-8H,2,9-12,16H2,1H3. The number of benzene rings is 1. The van der Waals surface area contributed by atoms with Crippen molar-refractivity contribution in [1.29, 1.82) is 0 Å². The summed E-state index contributed by atoms with van der Waals surface area (Å²) in [6.07, 6.45) is 3.91. The van der Waals surface area contributed by atoms with E-state index in [2.05, 4.69) is 32.3 Å². The normalized spacial score (nSPS) is 15.7. The van der Waals surface area contributed by atoms with Crippen LogP contribution in [0.1, 0.15) is 6.92 Å². The Morgan fingerprint density at radius 3 is 2.50 bits per heavy atom. The van der Waals surface area contributed by atoms with Crippen LogP contribution in [-0.2, 0) is 6.54 Å². The van der Waals surface area contributed by atoms with Crippen LogP contribution in [0.5, 0.6) is 0 Å². The molecule has 0 bridgehead atoms. The van der Waals surface area contributed by atoms with Crippen LogP contribution in [0.3, 0.4) is 0 Å². The SMILES string of the molecule is CCn1ccnc1N1CCN(c2ccccc2N)CC1. The molecule has 0 unspecified atom stereocenters. The highest BCUT2D eigenvalue weighted by atomic mass is 15.3. The molecule has 0 saturated carbocycles. The van der Waals surface area contributed by atoms with Crippen molar-refractivity contribution in [2.45, 2.75) is 13.5 Å². The second-order valence-electron chi connectivity index (χ2n) is 5.05. The lowest BCUT2D eigenvalue weighted by atomic mass is 10.2. The summed E-state index contributed by atoms with van der Waals surface area (Å²) >= 11 is 0. The molecular formula is C15H21N5. The van der Waals surface area contributed by atoms with Crippen molar-refractivity contribution < 1.29 is 0 Å². The number of nitrogen functional groups attached to an aromatic ring is 1. The molecule has 0 radical (unpaired) electrons. The summed E-state index contributed by atoms with van der Waals surface area (Å²) in [6, 6.07) is 8.08. The molecule has 1 aliphatic heterocycles. The van der Waals surface area contributed by atoms with Crippen molar-refractivity contribution in [3.05, 3.63) is 36.7 Å². The Morgan fingerprint density at radius 1 is 1.10 bits per heavy atom. The van der Waals surface area contributed by atoms with Crippen LogP contribution in [0.2, 0.25) is 0 Å². The van der Waals surface area contributed by atoms with E-state index in [1.54, 1.807) is 0 Å². The first-order valence-electron chi connectivity index (χ1n) is 7.15. The zero-order chi connectivity index (χ0) is 13.9. The van der Waals surface area contributed by atoms with Crippen LogP contribution >= 0.6 is 0 Å². The molecule has 0 atom stereocenters. The van der Waals surface area contributed by atoms with E-state index in [-0.39, 0.29) is 0 Å². The summed E-state index contributed by atoms with van der Waals surface area (Å²) < 4.78 is 2.19. The number of anilines is 3. The van der Waals surface area contributed by atoms with Gasteiger partial charge in [0.25, 0.3) is 0 Å². The molecule has 3 rings (SSSR count). The Balaban J connectivity index is 1.70. The molecule has 1 saturated heterocycles. The van der Waals surface area contributed by atoms with E-state index >= 15 is 0 Å². The first-order valence-corrected chi connectivity index (χ1v) is 7.15. The number of imidazole rings is 1. The third kappa shape index (κ3) is 2.31. The highest BCUT2D eigenvalue weighted by Crippen LogP contribution is 2.24. The topological polar surface area (TPSA) is 50.3 Å². The third-order valence-electron chi connectivity index (χ3n) is 3.87. The van der Waals surface area contributed by atoms with E-state index < -0.39 is 0 Å². The van der Waals surface area contributed by atoms with Crippen molar-refractivity contribution in [3.8, 4) is 0 Å². The smallest absolute Gasteiger partial charge is 0.205 e. The number of aromatic nitrogens is 2. The fourth-order valence-corrected chi connectivity index (χ4v) is 2.75. The Morgan fingerprint density at radius 2 is 1.80 bits per heavy atom. The number of hydrogen-bond acceptors (Lipinski definition) is 4. The maximum absolute atomic E-state index is 6.05. The molecule has 1 aliphatic rings. The molecule has 0 amide bonds. The van der Waals surface area contributed by atoms with Gasteiger partial charge in [0.15, 0.2) is 0 Å². The number of hydrogen-bond donors (Lipinski definition) is 1. The minimum atomic E-state index is 0.857. The molecule has 5 nitrogen and oxygen atoms in total. The van der Waals surface area contributed by atoms with Crippen molar-refractivity contribution in [2.24, 2.45) is 0 Å². The second kappa shape index (κ2) is 5.45. The number of nitrogens with zero attached hydrogens (tertiary/aromatic N) is 4. The van der Waals surface area contributed by atoms with Gasteiger partial charge in [-0.25, -0.2) is 4.98 Å². The van der Waals surface area contributed by atoms with E-state index in [0.29, 0.717) is 0 Å². The van der Waals surface area contributed by atoms with Gasteiger partial charge in [0.05, 0.1) is 11.4 Å². The predicted molar refractivity (Wildman–Crippen MR) is 83.2 cm³/mol. The average Bonchev–Trinajstić information content (AvgIpc) is 2.96. The van der Waals surface area contributed by atoms with E-state index in [9.17, 15) is 0 Å². The van der Waals surface area contributed by atoms with Crippen LogP contribution in [0.25, 0.3) is 0 Å². The summed E-state index contributed by atoms with van der Waals surface area (Å²) in [5.41, 5.74) is 8.06. The summed E-state index contributed by atoms with van der Waals surface area (Å²) in [7, 11) is 0. The van der Waals surface area contributed by atoms with Gasteiger partial charge in [-0.1, -0.05) is 12.1 Å². The van der Waals surface area contributed by atoms with Crippen molar-refractivity contribution in [2.75, 3.05) is 41.7 Å². The second-order valence-corrected chi connectivity index (χ2v) is 5.05. The lowest BCUT2D eigenvalue weighted by Gasteiger charge is -2.37. The largest absolute Gasteiger partial charge is 0.397 e. The minimum absolute atomic E-state index is 0.857. The van der Waals surface area contributed by atoms with Gasteiger partial charge in [0.1, 0.15) is 0 Å². The first kappa shape index (κ1) is 12.8. The molecule has 106 valence electrons. The summed E-state index contributed by atoms with van der Waals surface area (Å²) in [5.74, 6) is 1.08. The Kier molecular flexibility index (Phi) is 3.50. The monoisotopic (exact) mass is 271 g/mol. The van der Waals surface area contributed by atoms with Gasteiger partial charge >= 0.3 is 0 Å². The van der Waals surface area contributed by atoms with Gasteiger partial charge in [0, 0.05) is 45.1 Å². The molecule has 2 N–H and O–H groups in total. The first-order chi connectivity index (χ1) is 9.79. The van der Waals surface area contributed by atoms with E-state index in [0.717, 1.165) is 50.0 Å². The van der Waals surface area contributed by atoms with Crippen molar-refractivity contribution >= 4 is 17.3 Å². The molecule has 20 heavy (non-hydrogen) atoms. The maximum Gasteiger partial charge on any atom is 0.205 e. The average molecular weight is 271 g/mol. The van der Waals surface area contributed by atoms with Crippen LogP contribution in [0.15, 0.2) is 36.7 Å². The molecule has 0 spiro atoms. The summed E-state index contributed by atoms with van der Waals surface area (Å²) in [6.45, 7) is 7.01. The Labute approximate surface area is 119 Å². The number of nitrogens with two attached hydrogens (primary N) is 1. The van der Waals surface area contributed by atoms with Crippen LogP contribution in [0.4, 0.5) is 17.3 Å². The van der Waals surface area contributed by atoms with E-state index in [1.807, 2.05) is 30.6 Å². The number of rotatable bonds is 3. The molecular weight excluding hydrogens is 250 g/mol. The van der Waals surface area contributed by atoms with Crippen molar-refractivity contribution in [3.63, 3.8) is 0 Å². The quantitative estimate of drug-likeness (QED) is 0.865. The molecule has 1 fully saturated rings. The number of para-hydroxylation sites is 2. The molecule has 2 aromatic rings. The predicted octanol–water partition coefficient (Wildman–Crippen LogP) is 1.81. The van der Waals surface area contributed by atoms with E-state index in [4.69, 9.17) is 5.73 Å². The number of aryl methyl sites for hydroxylation is 1. The molecule has 1 aromatic heterocycles. The lowest BCUT2D eigenvalue weighted by molar-refractivity contribution is 0.619. The molecule has 5 heteroatoms. The highest BCUT2D eigenvalue weighted by molar-refractivity contribution is 5.67. The Hall–Kier alpha value is -2.17. The van der Waals surface area contributed by atoms with Crippen LogP contribution in [-0.4, -0.2) is 35.7 Å². The van der Waals surface area contributed by atoms with Crippen LogP contribution in [0, 0.1) is 0 Å². The lowest BCUT2D eigenvalue weighted by Crippen LogP contribution is -2.47. The summed E-state index contributed by atoms with van der Waals surface area (Å²) in [4.78, 5) is 9.17. The van der Waals surface area contributed by atoms with E-state index in [1.165, 1.54) is 0 Å². The van der Waals surface area contributed by atoms with Crippen molar-refractivity contribution in [1.82, 2.24) is 9.55 Å². The van der Waals surface area contributed by atoms with Gasteiger partial charge in [-0.2, -0.15) is 0 Å². The molecule has 0 aliphatic carbocycles. The zero-order valence-corrected chi connectivity index (χ0v) is 11.9. The fourth-order valence-electron chi connectivity index (χ4n) is 2.75. The third-order valence-corrected chi connectivity index (χ3v) is 3.87. The van der Waals surface area contributed by atoms with Gasteiger partial charge in [-0.05, 0) is 19.1 Å². The molecule has 1 aromatic carbocycles. The number of piperazine rings is 1. The minimum Gasteiger partial charge on any atom is -0.397 e. The van der Waals surface area contributed by atoms with Gasteiger partial charge in [-0.15, -0.1) is 0 Å². The van der Waals surface area contributed by atoms with Gasteiger partial charge in [-0.3, -0.25) is 0 Å². The highest BCUT2D eigenvalue weighted by Gasteiger charge is 2.21. The van der Waals surface area contributed by atoms with Gasteiger partial charge < -0.3 is 20.1 Å². The zero-order valence-electron chi connectivity index (χ0n) is 11.9. The van der Waals surface area contributed by atoms with Gasteiger partial charge in [0.2, 0.25) is 5.95 Å². The maximum atomic E-state index is 6.05. The summed E-state index contributed by atoms with van der Waals surface area (Å²) in [5, 5.41) is 0. The Bertz CT molecular complexity index is 569.